The van der Waals surface area contributed by atoms with Crippen molar-refractivity contribution >= 4 is 39.1 Å². The monoisotopic (exact) mass is 557 g/mol. The van der Waals surface area contributed by atoms with Gasteiger partial charge in [-0.15, -0.1) is 0 Å². The Hall–Kier alpha value is -3.56. The van der Waals surface area contributed by atoms with Crippen molar-refractivity contribution in [1.82, 2.24) is 10.2 Å². The largest absolute Gasteiger partial charge is 0.495 e. The van der Waals surface area contributed by atoms with Crippen molar-refractivity contribution in [2.45, 2.75) is 38.3 Å². The van der Waals surface area contributed by atoms with Crippen LogP contribution in [0.3, 0.4) is 0 Å². The normalized spacial score (nSPS) is 11.9. The minimum Gasteiger partial charge on any atom is -0.495 e. The van der Waals surface area contributed by atoms with E-state index in [0.29, 0.717) is 10.8 Å². The summed E-state index contributed by atoms with van der Waals surface area (Å²) in [7, 11) is -1.27. The molecule has 0 saturated heterocycles. The van der Waals surface area contributed by atoms with Gasteiger partial charge in [-0.25, -0.2) is 8.42 Å². The molecule has 0 fully saturated rings. The summed E-state index contributed by atoms with van der Waals surface area (Å²) in [6.45, 7) is 4.80. The third kappa shape index (κ3) is 6.65. The van der Waals surface area contributed by atoms with Crippen LogP contribution in [0.15, 0.2) is 71.6 Å². The Balaban J connectivity index is 2.10. The van der Waals surface area contributed by atoms with E-state index in [2.05, 4.69) is 5.32 Å². The minimum absolute atomic E-state index is 0.0306. The lowest BCUT2D eigenvalue weighted by molar-refractivity contribution is -0.139. The van der Waals surface area contributed by atoms with Crippen LogP contribution in [0, 0.1) is 13.8 Å². The number of methoxy groups -OCH3 is 1. The fourth-order valence-electron chi connectivity index (χ4n) is 3.92. The zero-order valence-electron chi connectivity index (χ0n) is 22.1. The SMILES string of the molecule is CNC(=O)[C@@H](C)N(Cc1ccc(Cl)cc1)C(=O)CN(c1cc(C)ccc1OC)S(=O)(=O)c1ccc(C)cc1. The molecule has 0 aliphatic carbocycles. The Morgan fingerprint density at radius 2 is 1.58 bits per heavy atom. The number of amides is 2. The number of benzene rings is 3. The van der Waals surface area contributed by atoms with Crippen molar-refractivity contribution in [3.05, 3.63) is 88.4 Å². The molecule has 0 aliphatic rings. The molecule has 0 spiro atoms. The smallest absolute Gasteiger partial charge is 0.264 e. The Morgan fingerprint density at radius 3 is 2.16 bits per heavy atom. The first-order valence-corrected chi connectivity index (χ1v) is 13.8. The summed E-state index contributed by atoms with van der Waals surface area (Å²) < 4.78 is 34.4. The molecule has 3 aromatic carbocycles. The molecule has 0 aliphatic heterocycles. The molecule has 2 amide bonds. The summed E-state index contributed by atoms with van der Waals surface area (Å²) >= 11 is 6.01. The number of sulfonamides is 1. The lowest BCUT2D eigenvalue weighted by atomic mass is 10.1. The summed E-state index contributed by atoms with van der Waals surface area (Å²) in [5, 5.41) is 3.10. The van der Waals surface area contributed by atoms with Crippen LogP contribution in [0.2, 0.25) is 5.02 Å². The predicted molar refractivity (Wildman–Crippen MR) is 149 cm³/mol. The maximum Gasteiger partial charge on any atom is 0.264 e. The second-order valence-electron chi connectivity index (χ2n) is 8.94. The quantitative estimate of drug-likeness (QED) is 0.400. The fraction of sp³-hybridized carbons (Fsp3) is 0.286. The highest BCUT2D eigenvalue weighted by atomic mass is 35.5. The number of carbonyl (C=O) groups is 2. The van der Waals surface area contributed by atoms with E-state index in [4.69, 9.17) is 16.3 Å². The third-order valence-electron chi connectivity index (χ3n) is 6.17. The maximum absolute atomic E-state index is 13.9. The van der Waals surface area contributed by atoms with Crippen LogP contribution in [0.5, 0.6) is 5.75 Å². The van der Waals surface area contributed by atoms with Gasteiger partial charge in [-0.2, -0.15) is 0 Å². The standard InChI is InChI=1S/C28H32ClN3O5S/c1-19-6-13-24(14-7-19)38(35,36)32(25-16-20(2)8-15-26(25)37-5)18-27(33)31(21(3)28(34)30-4)17-22-9-11-23(29)12-10-22/h6-16,21H,17-18H2,1-5H3,(H,30,34)/t21-/m1/s1. The Labute approximate surface area is 229 Å². The van der Waals surface area contributed by atoms with Gasteiger partial charge in [0, 0.05) is 18.6 Å². The molecule has 0 aromatic heterocycles. The lowest BCUT2D eigenvalue weighted by Gasteiger charge is -2.32. The number of ether oxygens (including phenoxy) is 1. The number of aryl methyl sites for hydroxylation is 2. The molecule has 38 heavy (non-hydrogen) atoms. The van der Waals surface area contributed by atoms with E-state index in [1.54, 1.807) is 61.5 Å². The van der Waals surface area contributed by atoms with Crippen molar-refractivity contribution < 1.29 is 22.7 Å². The first kappa shape index (κ1) is 29.0. The molecule has 0 unspecified atom stereocenters. The van der Waals surface area contributed by atoms with Crippen LogP contribution in [-0.2, 0) is 26.2 Å². The number of likely N-dealkylation sites (N-methyl/N-ethyl adjacent to an activating group) is 1. The van der Waals surface area contributed by atoms with Gasteiger partial charge in [0.15, 0.2) is 0 Å². The molecule has 10 heteroatoms. The number of hydrogen-bond donors (Lipinski definition) is 1. The molecule has 3 aromatic rings. The lowest BCUT2D eigenvalue weighted by Crippen LogP contribution is -2.50. The van der Waals surface area contributed by atoms with E-state index in [0.717, 1.165) is 21.0 Å². The zero-order valence-corrected chi connectivity index (χ0v) is 23.6. The molecular weight excluding hydrogens is 526 g/mol. The number of nitrogens with one attached hydrogen (secondary N) is 1. The molecule has 0 heterocycles. The van der Waals surface area contributed by atoms with Crippen LogP contribution >= 0.6 is 11.6 Å². The van der Waals surface area contributed by atoms with E-state index < -0.39 is 28.5 Å². The summed E-state index contributed by atoms with van der Waals surface area (Å²) in [6, 6.07) is 17.5. The first-order valence-electron chi connectivity index (χ1n) is 12.0. The second-order valence-corrected chi connectivity index (χ2v) is 11.2. The average molecular weight is 558 g/mol. The molecule has 202 valence electrons. The summed E-state index contributed by atoms with van der Waals surface area (Å²) in [4.78, 5) is 27.8. The van der Waals surface area contributed by atoms with E-state index in [9.17, 15) is 18.0 Å². The van der Waals surface area contributed by atoms with Gasteiger partial charge >= 0.3 is 0 Å². The van der Waals surface area contributed by atoms with Crippen LogP contribution < -0.4 is 14.4 Å². The van der Waals surface area contributed by atoms with E-state index >= 15 is 0 Å². The van der Waals surface area contributed by atoms with Gasteiger partial charge in [0.05, 0.1) is 17.7 Å². The van der Waals surface area contributed by atoms with Crippen LogP contribution in [0.1, 0.15) is 23.6 Å². The summed E-state index contributed by atoms with van der Waals surface area (Å²) in [5.74, 6) is -0.647. The van der Waals surface area contributed by atoms with Crippen molar-refractivity contribution in [1.29, 1.82) is 0 Å². The fourth-order valence-corrected chi connectivity index (χ4v) is 5.47. The average Bonchev–Trinajstić information content (AvgIpc) is 2.90. The maximum atomic E-state index is 13.9. The van der Waals surface area contributed by atoms with Gasteiger partial charge in [0.1, 0.15) is 18.3 Å². The van der Waals surface area contributed by atoms with E-state index in [1.165, 1.54) is 31.2 Å². The van der Waals surface area contributed by atoms with E-state index in [-0.39, 0.29) is 23.0 Å². The highest BCUT2D eigenvalue weighted by Gasteiger charge is 2.33. The molecule has 0 radical (unpaired) electrons. The molecule has 0 saturated carbocycles. The van der Waals surface area contributed by atoms with Crippen LogP contribution in [0.4, 0.5) is 5.69 Å². The Kier molecular flexibility index (Phi) is 9.40. The van der Waals surface area contributed by atoms with Crippen molar-refractivity contribution in [3.8, 4) is 5.75 Å². The van der Waals surface area contributed by atoms with Gasteiger partial charge in [-0.3, -0.25) is 13.9 Å². The number of hydrogen-bond acceptors (Lipinski definition) is 5. The third-order valence-corrected chi connectivity index (χ3v) is 8.20. The van der Waals surface area contributed by atoms with Gasteiger partial charge in [0.25, 0.3) is 10.0 Å². The van der Waals surface area contributed by atoms with E-state index in [1.807, 2.05) is 13.8 Å². The van der Waals surface area contributed by atoms with Gasteiger partial charge in [0.2, 0.25) is 11.8 Å². The molecule has 8 nitrogen and oxygen atoms in total. The van der Waals surface area contributed by atoms with Gasteiger partial charge in [-0.05, 0) is 68.3 Å². The number of carbonyl (C=O) groups excluding carboxylic acids is 2. The first-order chi connectivity index (χ1) is 18.0. The highest BCUT2D eigenvalue weighted by molar-refractivity contribution is 7.92. The Bertz CT molecular complexity index is 1390. The molecule has 3 rings (SSSR count). The van der Waals surface area contributed by atoms with Crippen LogP contribution in [0.25, 0.3) is 0 Å². The van der Waals surface area contributed by atoms with Crippen molar-refractivity contribution in [3.63, 3.8) is 0 Å². The Morgan fingerprint density at radius 1 is 0.974 bits per heavy atom. The topological polar surface area (TPSA) is 96.0 Å². The molecule has 1 atom stereocenters. The predicted octanol–water partition coefficient (Wildman–Crippen LogP) is 4.32. The summed E-state index contributed by atoms with van der Waals surface area (Å²) in [5.41, 5.74) is 2.64. The van der Waals surface area contributed by atoms with Gasteiger partial charge in [-0.1, -0.05) is 47.5 Å². The van der Waals surface area contributed by atoms with Crippen molar-refractivity contribution in [2.24, 2.45) is 0 Å². The van der Waals surface area contributed by atoms with Gasteiger partial charge < -0.3 is 15.0 Å². The minimum atomic E-state index is -4.19. The summed E-state index contributed by atoms with van der Waals surface area (Å²) in [6.07, 6.45) is 0. The number of nitrogens with zero attached hydrogens (tertiary/aromatic N) is 2. The number of anilines is 1. The zero-order chi connectivity index (χ0) is 28.0. The number of halogens is 1. The van der Waals surface area contributed by atoms with Crippen molar-refractivity contribution in [2.75, 3.05) is 25.0 Å². The molecule has 1 N–H and O–H groups in total. The molecular formula is C28H32ClN3O5S. The number of rotatable bonds is 10. The molecule has 0 bridgehead atoms. The second kappa shape index (κ2) is 12.3. The van der Waals surface area contributed by atoms with Crippen LogP contribution in [-0.4, -0.2) is 51.9 Å². The highest BCUT2D eigenvalue weighted by Crippen LogP contribution is 2.34.